The molecule has 4 nitrogen and oxygen atoms in total. The molecule has 0 bridgehead atoms. The summed E-state index contributed by atoms with van der Waals surface area (Å²) in [5.41, 5.74) is 2.68. The van der Waals surface area contributed by atoms with E-state index in [2.05, 4.69) is 22.1 Å². The van der Waals surface area contributed by atoms with Crippen molar-refractivity contribution in [1.82, 2.24) is 10.2 Å². The van der Waals surface area contributed by atoms with Crippen molar-refractivity contribution in [2.24, 2.45) is 0 Å². The summed E-state index contributed by atoms with van der Waals surface area (Å²) < 4.78 is 0. The molecule has 76 valence electrons. The highest BCUT2D eigenvalue weighted by Crippen LogP contribution is 2.21. The number of amides is 1. The minimum atomic E-state index is -0.211. The fourth-order valence-corrected chi connectivity index (χ4v) is 1.42. The molecule has 2 N–H and O–H groups in total. The maximum atomic E-state index is 11.2. The number of carbonyl (C=O) groups is 1. The van der Waals surface area contributed by atoms with Crippen LogP contribution in [0.1, 0.15) is 5.56 Å². The zero-order valence-electron chi connectivity index (χ0n) is 8.37. The fraction of sp³-hybridized carbons (Fsp3) is 0.0909. The van der Waals surface area contributed by atoms with Crippen molar-refractivity contribution >= 4 is 22.5 Å². The Labute approximate surface area is 87.0 Å². The second kappa shape index (κ2) is 3.57. The lowest BCUT2D eigenvalue weighted by molar-refractivity contribution is -0.111. The van der Waals surface area contributed by atoms with Crippen LogP contribution in [-0.4, -0.2) is 16.1 Å². The molecule has 1 aromatic carbocycles. The molecule has 0 unspecified atom stereocenters. The number of hydrogen-bond donors (Lipinski definition) is 2. The number of aryl methyl sites for hydroxylation is 1. The van der Waals surface area contributed by atoms with Gasteiger partial charge in [-0.25, -0.2) is 0 Å². The van der Waals surface area contributed by atoms with E-state index in [0.717, 1.165) is 22.2 Å². The average Bonchev–Trinajstić information content (AvgIpc) is 2.65. The SMILES string of the molecule is C=CC(=O)Nc1cc2[nH]ncc2cc1C. The number of rotatable bonds is 2. The van der Waals surface area contributed by atoms with Crippen LogP contribution in [-0.2, 0) is 4.79 Å². The van der Waals surface area contributed by atoms with Gasteiger partial charge in [-0.3, -0.25) is 9.89 Å². The van der Waals surface area contributed by atoms with Gasteiger partial charge in [-0.15, -0.1) is 0 Å². The maximum absolute atomic E-state index is 11.2. The third-order valence-corrected chi connectivity index (χ3v) is 2.23. The van der Waals surface area contributed by atoms with E-state index in [-0.39, 0.29) is 5.91 Å². The van der Waals surface area contributed by atoms with Crippen LogP contribution >= 0.6 is 0 Å². The number of benzene rings is 1. The van der Waals surface area contributed by atoms with Gasteiger partial charge in [0.15, 0.2) is 0 Å². The molecule has 0 fully saturated rings. The molecule has 0 aliphatic heterocycles. The van der Waals surface area contributed by atoms with E-state index in [0.29, 0.717) is 0 Å². The molecule has 0 aliphatic rings. The number of H-pyrrole nitrogens is 1. The molecular weight excluding hydrogens is 190 g/mol. The first kappa shape index (κ1) is 9.45. The summed E-state index contributed by atoms with van der Waals surface area (Å²) in [6, 6.07) is 3.83. The molecule has 0 saturated carbocycles. The Morgan fingerprint density at radius 3 is 3.13 bits per heavy atom. The third kappa shape index (κ3) is 1.74. The Morgan fingerprint density at radius 2 is 2.40 bits per heavy atom. The number of hydrogen-bond acceptors (Lipinski definition) is 2. The molecule has 0 radical (unpaired) electrons. The summed E-state index contributed by atoms with van der Waals surface area (Å²) >= 11 is 0. The Hall–Kier alpha value is -2.10. The lowest BCUT2D eigenvalue weighted by Crippen LogP contribution is -2.08. The maximum Gasteiger partial charge on any atom is 0.247 e. The summed E-state index contributed by atoms with van der Waals surface area (Å²) in [5, 5.41) is 10.5. The summed E-state index contributed by atoms with van der Waals surface area (Å²) in [7, 11) is 0. The fourth-order valence-electron chi connectivity index (χ4n) is 1.42. The van der Waals surface area contributed by atoms with Gasteiger partial charge in [0, 0.05) is 11.1 Å². The molecule has 0 atom stereocenters. The normalized spacial score (nSPS) is 10.2. The average molecular weight is 201 g/mol. The Bertz CT molecular complexity index is 528. The first-order chi connectivity index (χ1) is 7.20. The predicted molar refractivity (Wildman–Crippen MR) is 59.7 cm³/mol. The molecule has 1 aromatic heterocycles. The molecular formula is C11H11N3O. The van der Waals surface area contributed by atoms with E-state index < -0.39 is 0 Å². The van der Waals surface area contributed by atoms with Crippen molar-refractivity contribution in [3.05, 3.63) is 36.5 Å². The van der Waals surface area contributed by atoms with Crippen LogP contribution < -0.4 is 5.32 Å². The first-order valence-electron chi connectivity index (χ1n) is 4.58. The standard InChI is InChI=1S/C11H11N3O/c1-3-11(15)13-9-5-10-8(4-7(9)2)6-12-14-10/h3-6H,1H2,2H3,(H,12,14)(H,13,15). The van der Waals surface area contributed by atoms with E-state index in [1.54, 1.807) is 6.20 Å². The van der Waals surface area contributed by atoms with E-state index in [1.807, 2.05) is 19.1 Å². The number of nitrogens with zero attached hydrogens (tertiary/aromatic N) is 1. The largest absolute Gasteiger partial charge is 0.322 e. The predicted octanol–water partition coefficient (Wildman–Crippen LogP) is 2.00. The lowest BCUT2D eigenvalue weighted by atomic mass is 10.1. The minimum absolute atomic E-state index is 0.211. The molecule has 0 saturated heterocycles. The topological polar surface area (TPSA) is 57.8 Å². The zero-order valence-corrected chi connectivity index (χ0v) is 8.37. The lowest BCUT2D eigenvalue weighted by Gasteiger charge is -2.06. The number of aromatic nitrogens is 2. The number of anilines is 1. The van der Waals surface area contributed by atoms with E-state index in [4.69, 9.17) is 0 Å². The highest BCUT2D eigenvalue weighted by atomic mass is 16.1. The van der Waals surface area contributed by atoms with Crippen molar-refractivity contribution in [3.63, 3.8) is 0 Å². The van der Waals surface area contributed by atoms with Gasteiger partial charge >= 0.3 is 0 Å². The smallest absolute Gasteiger partial charge is 0.247 e. The van der Waals surface area contributed by atoms with Crippen molar-refractivity contribution in [1.29, 1.82) is 0 Å². The quantitative estimate of drug-likeness (QED) is 0.730. The van der Waals surface area contributed by atoms with E-state index in [1.165, 1.54) is 6.08 Å². The molecule has 0 aliphatic carbocycles. The van der Waals surface area contributed by atoms with Gasteiger partial charge in [-0.1, -0.05) is 6.58 Å². The highest BCUT2D eigenvalue weighted by molar-refractivity contribution is 6.00. The van der Waals surface area contributed by atoms with Crippen molar-refractivity contribution in [2.45, 2.75) is 6.92 Å². The molecule has 0 spiro atoms. The molecule has 4 heteroatoms. The number of aromatic amines is 1. The van der Waals surface area contributed by atoms with Crippen LogP contribution in [0.4, 0.5) is 5.69 Å². The minimum Gasteiger partial charge on any atom is -0.322 e. The van der Waals surface area contributed by atoms with Crippen LogP contribution in [0.25, 0.3) is 10.9 Å². The number of carbonyl (C=O) groups excluding carboxylic acids is 1. The molecule has 15 heavy (non-hydrogen) atoms. The monoisotopic (exact) mass is 201 g/mol. The second-order valence-corrected chi connectivity index (χ2v) is 3.32. The van der Waals surface area contributed by atoms with Gasteiger partial charge in [0.05, 0.1) is 11.7 Å². The van der Waals surface area contributed by atoms with Gasteiger partial charge in [0.1, 0.15) is 0 Å². The highest BCUT2D eigenvalue weighted by Gasteiger charge is 2.04. The summed E-state index contributed by atoms with van der Waals surface area (Å²) in [4.78, 5) is 11.2. The third-order valence-electron chi connectivity index (χ3n) is 2.23. The van der Waals surface area contributed by atoms with Crippen LogP contribution in [0.15, 0.2) is 31.0 Å². The van der Waals surface area contributed by atoms with Crippen LogP contribution in [0, 0.1) is 6.92 Å². The summed E-state index contributed by atoms with van der Waals surface area (Å²) in [6.07, 6.45) is 3.00. The Balaban J connectivity index is 2.45. The van der Waals surface area contributed by atoms with Gasteiger partial charge in [0.25, 0.3) is 0 Å². The van der Waals surface area contributed by atoms with Crippen molar-refractivity contribution in [3.8, 4) is 0 Å². The number of fused-ring (bicyclic) bond motifs is 1. The molecule has 2 rings (SSSR count). The van der Waals surface area contributed by atoms with Crippen LogP contribution in [0.2, 0.25) is 0 Å². The zero-order chi connectivity index (χ0) is 10.8. The molecule has 1 amide bonds. The van der Waals surface area contributed by atoms with Gasteiger partial charge in [-0.2, -0.15) is 5.10 Å². The number of nitrogens with one attached hydrogen (secondary N) is 2. The van der Waals surface area contributed by atoms with Crippen molar-refractivity contribution < 1.29 is 4.79 Å². The summed E-state index contributed by atoms with van der Waals surface area (Å²) in [6.45, 7) is 5.34. The Morgan fingerprint density at radius 1 is 1.60 bits per heavy atom. The van der Waals surface area contributed by atoms with Crippen LogP contribution in [0.5, 0.6) is 0 Å². The van der Waals surface area contributed by atoms with Gasteiger partial charge in [-0.05, 0) is 30.7 Å². The van der Waals surface area contributed by atoms with Crippen LogP contribution in [0.3, 0.4) is 0 Å². The van der Waals surface area contributed by atoms with E-state index in [9.17, 15) is 4.79 Å². The van der Waals surface area contributed by atoms with E-state index >= 15 is 0 Å². The Kier molecular flexibility index (Phi) is 2.25. The first-order valence-corrected chi connectivity index (χ1v) is 4.58. The second-order valence-electron chi connectivity index (χ2n) is 3.32. The van der Waals surface area contributed by atoms with Crippen molar-refractivity contribution in [2.75, 3.05) is 5.32 Å². The molecule has 1 heterocycles. The van der Waals surface area contributed by atoms with Gasteiger partial charge < -0.3 is 5.32 Å². The summed E-state index contributed by atoms with van der Waals surface area (Å²) in [5.74, 6) is -0.211. The van der Waals surface area contributed by atoms with Gasteiger partial charge in [0.2, 0.25) is 5.91 Å². The molecule has 2 aromatic rings.